The Morgan fingerprint density at radius 3 is 2.50 bits per heavy atom. The largest absolute Gasteiger partial charge is 0.481 e. The van der Waals surface area contributed by atoms with Crippen molar-refractivity contribution < 1.29 is 9.53 Å². The van der Waals surface area contributed by atoms with Gasteiger partial charge in [-0.25, -0.2) is 5.84 Å². The second kappa shape index (κ2) is 5.40. The van der Waals surface area contributed by atoms with Gasteiger partial charge in [-0.15, -0.1) is 0 Å². The summed E-state index contributed by atoms with van der Waals surface area (Å²) in [6, 6.07) is 6.03. The lowest BCUT2D eigenvalue weighted by Gasteiger charge is -2.24. The van der Waals surface area contributed by atoms with Crippen molar-refractivity contribution in [2.75, 3.05) is 0 Å². The highest BCUT2D eigenvalue weighted by Crippen LogP contribution is 2.32. The first-order chi connectivity index (χ1) is 8.25. The van der Waals surface area contributed by atoms with Gasteiger partial charge in [0.1, 0.15) is 5.75 Å². The molecule has 1 aromatic carbocycles. The van der Waals surface area contributed by atoms with Gasteiger partial charge in [-0.2, -0.15) is 0 Å². The van der Waals surface area contributed by atoms with E-state index in [2.05, 4.69) is 26.2 Å². The maximum absolute atomic E-state index is 11.4. The average molecular weight is 250 g/mol. The smallest absolute Gasteiger partial charge is 0.274 e. The van der Waals surface area contributed by atoms with E-state index in [-0.39, 0.29) is 11.3 Å². The number of benzene rings is 1. The number of hydrazine groups is 1. The summed E-state index contributed by atoms with van der Waals surface area (Å²) in [4.78, 5) is 11.4. The van der Waals surface area contributed by atoms with Gasteiger partial charge >= 0.3 is 0 Å². The molecule has 18 heavy (non-hydrogen) atoms. The number of carbonyl (C=O) groups is 1. The third-order valence-electron chi connectivity index (χ3n) is 2.76. The number of aryl methyl sites for hydroxylation is 1. The van der Waals surface area contributed by atoms with Crippen molar-refractivity contribution >= 4 is 5.91 Å². The van der Waals surface area contributed by atoms with Crippen LogP contribution in [-0.2, 0) is 10.2 Å². The van der Waals surface area contributed by atoms with Gasteiger partial charge in [-0.1, -0.05) is 32.9 Å². The summed E-state index contributed by atoms with van der Waals surface area (Å²) in [6.45, 7) is 10.00. The molecule has 0 spiro atoms. The van der Waals surface area contributed by atoms with E-state index in [4.69, 9.17) is 10.6 Å². The number of rotatable bonds is 3. The van der Waals surface area contributed by atoms with E-state index in [9.17, 15) is 4.79 Å². The molecular weight excluding hydrogens is 228 g/mol. The molecule has 0 fully saturated rings. The summed E-state index contributed by atoms with van der Waals surface area (Å²) in [5.41, 5.74) is 4.22. The van der Waals surface area contributed by atoms with Crippen LogP contribution in [0.1, 0.15) is 38.8 Å². The van der Waals surface area contributed by atoms with Crippen LogP contribution < -0.4 is 16.0 Å². The van der Waals surface area contributed by atoms with Crippen molar-refractivity contribution in [2.24, 2.45) is 5.84 Å². The predicted molar refractivity (Wildman–Crippen MR) is 72.3 cm³/mol. The van der Waals surface area contributed by atoms with Gasteiger partial charge in [0.15, 0.2) is 6.10 Å². The van der Waals surface area contributed by atoms with Crippen LogP contribution in [0.25, 0.3) is 0 Å². The maximum atomic E-state index is 11.4. The van der Waals surface area contributed by atoms with Crippen LogP contribution in [0.2, 0.25) is 0 Å². The van der Waals surface area contributed by atoms with Crippen LogP contribution >= 0.6 is 0 Å². The number of hydrogen-bond donors (Lipinski definition) is 2. The van der Waals surface area contributed by atoms with E-state index in [1.807, 2.05) is 25.1 Å². The van der Waals surface area contributed by atoms with Crippen LogP contribution in [-0.4, -0.2) is 12.0 Å². The lowest BCUT2D eigenvalue weighted by atomic mass is 9.86. The van der Waals surface area contributed by atoms with Crippen molar-refractivity contribution in [1.29, 1.82) is 0 Å². The molecular formula is C14H22N2O2. The van der Waals surface area contributed by atoms with Crippen molar-refractivity contribution in [2.45, 2.75) is 46.1 Å². The standard InChI is InChI=1S/C14H22N2O2/c1-9-6-7-11(14(3,4)5)12(8-9)18-10(2)13(17)16-15/h6-8,10H,15H2,1-5H3,(H,16,17). The number of hydrogen-bond acceptors (Lipinski definition) is 3. The van der Waals surface area contributed by atoms with Gasteiger partial charge in [0, 0.05) is 0 Å². The molecule has 0 aromatic heterocycles. The highest BCUT2D eigenvalue weighted by Gasteiger charge is 2.22. The highest BCUT2D eigenvalue weighted by molar-refractivity contribution is 5.80. The fourth-order valence-electron chi connectivity index (χ4n) is 1.71. The van der Waals surface area contributed by atoms with Crippen LogP contribution in [0.3, 0.4) is 0 Å². The monoisotopic (exact) mass is 250 g/mol. The molecule has 1 rings (SSSR count). The minimum absolute atomic E-state index is 0.0397. The Kier molecular flexibility index (Phi) is 4.35. The van der Waals surface area contributed by atoms with E-state index < -0.39 is 6.10 Å². The Morgan fingerprint density at radius 2 is 2.00 bits per heavy atom. The molecule has 1 amide bonds. The van der Waals surface area contributed by atoms with Gasteiger partial charge in [0.25, 0.3) is 5.91 Å². The van der Waals surface area contributed by atoms with Crippen LogP contribution in [0.4, 0.5) is 0 Å². The number of nitrogens with one attached hydrogen (secondary N) is 1. The van der Waals surface area contributed by atoms with Gasteiger partial charge in [-0.05, 0) is 36.5 Å². The van der Waals surface area contributed by atoms with Gasteiger partial charge < -0.3 is 4.74 Å². The Morgan fingerprint density at radius 1 is 1.39 bits per heavy atom. The fraction of sp³-hybridized carbons (Fsp3) is 0.500. The minimum atomic E-state index is -0.613. The highest BCUT2D eigenvalue weighted by atomic mass is 16.5. The molecule has 0 aliphatic heterocycles. The number of amides is 1. The molecule has 100 valence electrons. The van der Waals surface area contributed by atoms with E-state index in [0.717, 1.165) is 16.9 Å². The number of carbonyl (C=O) groups excluding carboxylic acids is 1. The fourth-order valence-corrected chi connectivity index (χ4v) is 1.71. The molecule has 4 heteroatoms. The van der Waals surface area contributed by atoms with E-state index in [1.54, 1.807) is 6.92 Å². The lowest BCUT2D eigenvalue weighted by Crippen LogP contribution is -2.40. The third kappa shape index (κ3) is 3.47. The van der Waals surface area contributed by atoms with Crippen LogP contribution in [0, 0.1) is 6.92 Å². The molecule has 0 heterocycles. The molecule has 0 bridgehead atoms. The Balaban J connectivity index is 3.07. The topological polar surface area (TPSA) is 64.3 Å². The van der Waals surface area contributed by atoms with Crippen molar-refractivity contribution in [3.8, 4) is 5.75 Å². The molecule has 0 aliphatic carbocycles. The first-order valence-corrected chi connectivity index (χ1v) is 6.04. The molecule has 3 N–H and O–H groups in total. The van der Waals surface area contributed by atoms with Crippen molar-refractivity contribution in [3.05, 3.63) is 29.3 Å². The quantitative estimate of drug-likeness (QED) is 0.490. The molecule has 0 saturated heterocycles. The molecule has 4 nitrogen and oxygen atoms in total. The predicted octanol–water partition coefficient (Wildman–Crippen LogP) is 2.05. The summed E-state index contributed by atoms with van der Waals surface area (Å²) in [5.74, 6) is 5.50. The summed E-state index contributed by atoms with van der Waals surface area (Å²) in [5, 5.41) is 0. The second-order valence-electron chi connectivity index (χ2n) is 5.52. The molecule has 1 atom stereocenters. The Hall–Kier alpha value is -1.55. The van der Waals surface area contributed by atoms with Crippen LogP contribution in [0.15, 0.2) is 18.2 Å². The van der Waals surface area contributed by atoms with Crippen molar-refractivity contribution in [3.63, 3.8) is 0 Å². The first-order valence-electron chi connectivity index (χ1n) is 6.04. The molecule has 0 radical (unpaired) electrons. The Bertz CT molecular complexity index is 436. The van der Waals surface area contributed by atoms with E-state index in [1.165, 1.54) is 0 Å². The summed E-state index contributed by atoms with van der Waals surface area (Å²) in [7, 11) is 0. The summed E-state index contributed by atoms with van der Waals surface area (Å²) < 4.78 is 5.71. The Labute approximate surface area is 108 Å². The summed E-state index contributed by atoms with van der Waals surface area (Å²) >= 11 is 0. The minimum Gasteiger partial charge on any atom is -0.481 e. The first kappa shape index (κ1) is 14.5. The molecule has 1 unspecified atom stereocenters. The second-order valence-corrected chi connectivity index (χ2v) is 5.52. The molecule has 0 aliphatic rings. The average Bonchev–Trinajstić information content (AvgIpc) is 2.26. The lowest BCUT2D eigenvalue weighted by molar-refractivity contribution is -0.127. The van der Waals surface area contributed by atoms with Gasteiger partial charge in [0.2, 0.25) is 0 Å². The van der Waals surface area contributed by atoms with Crippen LogP contribution in [0.5, 0.6) is 5.75 Å². The molecule has 1 aromatic rings. The van der Waals surface area contributed by atoms with E-state index in [0.29, 0.717) is 0 Å². The van der Waals surface area contributed by atoms with Gasteiger partial charge in [0.05, 0.1) is 0 Å². The van der Waals surface area contributed by atoms with Gasteiger partial charge in [-0.3, -0.25) is 10.2 Å². The zero-order valence-electron chi connectivity index (χ0n) is 11.7. The third-order valence-corrected chi connectivity index (χ3v) is 2.76. The maximum Gasteiger partial charge on any atom is 0.274 e. The number of ether oxygens (including phenoxy) is 1. The number of nitrogens with two attached hydrogens (primary N) is 1. The zero-order valence-corrected chi connectivity index (χ0v) is 11.7. The SMILES string of the molecule is Cc1ccc(C(C)(C)C)c(OC(C)C(=O)NN)c1. The summed E-state index contributed by atoms with van der Waals surface area (Å²) in [6.07, 6.45) is -0.613. The van der Waals surface area contributed by atoms with Crippen molar-refractivity contribution in [1.82, 2.24) is 5.43 Å². The molecule has 0 saturated carbocycles. The zero-order chi connectivity index (χ0) is 13.9. The van der Waals surface area contributed by atoms with E-state index >= 15 is 0 Å². The normalized spacial score (nSPS) is 13.0.